The number of benzene rings is 1. The van der Waals surface area contributed by atoms with E-state index >= 15 is 0 Å². The molecule has 35 heavy (non-hydrogen) atoms. The number of rotatable bonds is 6. The van der Waals surface area contributed by atoms with E-state index in [9.17, 15) is 22.8 Å². The Morgan fingerprint density at radius 3 is 2.43 bits per heavy atom. The van der Waals surface area contributed by atoms with Crippen molar-refractivity contribution in [2.45, 2.75) is 19.0 Å². The zero-order valence-corrected chi connectivity index (χ0v) is 19.2. The maximum atomic E-state index is 13.3. The first-order valence-corrected chi connectivity index (χ1v) is 11.6. The maximum absolute atomic E-state index is 13.3. The molecule has 0 spiro atoms. The van der Waals surface area contributed by atoms with Crippen molar-refractivity contribution in [3.63, 3.8) is 0 Å². The van der Waals surface area contributed by atoms with Gasteiger partial charge >= 0.3 is 6.18 Å². The van der Waals surface area contributed by atoms with Crippen molar-refractivity contribution in [2.75, 3.05) is 61.5 Å². The van der Waals surface area contributed by atoms with Crippen LogP contribution in [0.3, 0.4) is 0 Å². The lowest BCUT2D eigenvalue weighted by molar-refractivity contribution is -0.137. The number of likely N-dealkylation sites (tertiary alicyclic amines) is 1. The van der Waals surface area contributed by atoms with E-state index in [0.717, 1.165) is 12.1 Å². The monoisotopic (exact) mass is 491 g/mol. The second-order valence-electron chi connectivity index (χ2n) is 8.63. The van der Waals surface area contributed by atoms with Crippen molar-refractivity contribution in [2.24, 2.45) is 5.92 Å². The van der Waals surface area contributed by atoms with Gasteiger partial charge in [-0.2, -0.15) is 13.2 Å². The number of morpholine rings is 1. The number of pyridine rings is 1. The van der Waals surface area contributed by atoms with Gasteiger partial charge in [-0.25, -0.2) is 4.98 Å². The summed E-state index contributed by atoms with van der Waals surface area (Å²) >= 11 is 0. The van der Waals surface area contributed by atoms with Crippen LogP contribution in [0.4, 0.5) is 30.4 Å². The summed E-state index contributed by atoms with van der Waals surface area (Å²) in [5, 5.41) is 5.49. The summed E-state index contributed by atoms with van der Waals surface area (Å²) in [5.41, 5.74) is -0.138. The molecule has 4 rings (SSSR count). The number of carbonyl (C=O) groups excluding carboxylic acids is 2. The summed E-state index contributed by atoms with van der Waals surface area (Å²) in [6.45, 7) is 3.10. The molecule has 0 atom stereocenters. The molecule has 2 aliphatic rings. The molecule has 0 bridgehead atoms. The molecule has 2 fully saturated rings. The molecule has 2 aliphatic heterocycles. The molecule has 11 heteroatoms. The highest BCUT2D eigenvalue weighted by atomic mass is 19.4. The van der Waals surface area contributed by atoms with E-state index in [1.54, 1.807) is 24.4 Å². The van der Waals surface area contributed by atoms with E-state index in [1.165, 1.54) is 6.07 Å². The Bertz CT molecular complexity index is 1020. The van der Waals surface area contributed by atoms with Gasteiger partial charge in [-0.3, -0.25) is 14.5 Å². The summed E-state index contributed by atoms with van der Waals surface area (Å²) in [7, 11) is 0. The van der Waals surface area contributed by atoms with Crippen LogP contribution in [-0.2, 0) is 20.5 Å². The van der Waals surface area contributed by atoms with Gasteiger partial charge in [0.25, 0.3) is 0 Å². The fourth-order valence-electron chi connectivity index (χ4n) is 4.30. The number of ether oxygens (including phenoxy) is 1. The number of halogens is 3. The standard InChI is InChI=1S/C24H28F3N5O3/c25-24(26,27)18-4-5-20(32-11-13-35-14-12-32)19(15-18)29-22(33)16-31-9-6-17(7-10-31)23(34)30-21-3-1-2-8-28-21/h1-5,8,15,17H,6-7,9-14,16H2,(H,29,33)(H,28,30,34). The lowest BCUT2D eigenvalue weighted by Crippen LogP contribution is -2.42. The van der Waals surface area contributed by atoms with Crippen LogP contribution in [0.1, 0.15) is 18.4 Å². The van der Waals surface area contributed by atoms with Crippen LogP contribution in [0.2, 0.25) is 0 Å². The van der Waals surface area contributed by atoms with E-state index in [4.69, 9.17) is 4.74 Å². The van der Waals surface area contributed by atoms with E-state index < -0.39 is 17.6 Å². The first kappa shape index (κ1) is 24.9. The summed E-state index contributed by atoms with van der Waals surface area (Å²) in [6, 6.07) is 8.69. The third-order valence-electron chi connectivity index (χ3n) is 6.19. The third kappa shape index (κ3) is 6.70. The van der Waals surface area contributed by atoms with Gasteiger partial charge in [-0.15, -0.1) is 0 Å². The fourth-order valence-corrected chi connectivity index (χ4v) is 4.30. The van der Waals surface area contributed by atoms with Crippen molar-refractivity contribution in [3.05, 3.63) is 48.2 Å². The Morgan fingerprint density at radius 1 is 1.03 bits per heavy atom. The van der Waals surface area contributed by atoms with E-state index in [0.29, 0.717) is 63.7 Å². The molecular weight excluding hydrogens is 463 g/mol. The Hall–Kier alpha value is -3.18. The number of alkyl halides is 3. The number of hydrogen-bond acceptors (Lipinski definition) is 6. The van der Waals surface area contributed by atoms with Gasteiger partial charge in [0.05, 0.1) is 36.7 Å². The minimum Gasteiger partial charge on any atom is -0.378 e. The molecule has 0 unspecified atom stereocenters. The molecular formula is C24H28F3N5O3. The summed E-state index contributed by atoms with van der Waals surface area (Å²) in [5.74, 6) is -0.189. The fraction of sp³-hybridized carbons (Fsp3) is 0.458. The molecule has 0 saturated carbocycles. The molecule has 0 aliphatic carbocycles. The Morgan fingerprint density at radius 2 is 1.77 bits per heavy atom. The second-order valence-corrected chi connectivity index (χ2v) is 8.63. The van der Waals surface area contributed by atoms with Crippen molar-refractivity contribution >= 4 is 29.0 Å². The topological polar surface area (TPSA) is 86.8 Å². The summed E-state index contributed by atoms with van der Waals surface area (Å²) in [4.78, 5) is 33.2. The molecule has 0 radical (unpaired) electrons. The molecule has 3 heterocycles. The average Bonchev–Trinajstić information content (AvgIpc) is 2.85. The van der Waals surface area contributed by atoms with Gasteiger partial charge in [-0.05, 0) is 56.3 Å². The van der Waals surface area contributed by atoms with Gasteiger partial charge in [0.2, 0.25) is 11.8 Å². The van der Waals surface area contributed by atoms with Crippen LogP contribution in [0.5, 0.6) is 0 Å². The molecule has 2 N–H and O–H groups in total. The Labute approximate surface area is 201 Å². The number of nitrogens with zero attached hydrogens (tertiary/aromatic N) is 3. The van der Waals surface area contributed by atoms with Crippen LogP contribution in [0.25, 0.3) is 0 Å². The number of aromatic nitrogens is 1. The first-order valence-electron chi connectivity index (χ1n) is 11.6. The minimum absolute atomic E-state index is 0.0351. The van der Waals surface area contributed by atoms with Crippen LogP contribution >= 0.6 is 0 Å². The highest BCUT2D eigenvalue weighted by Crippen LogP contribution is 2.35. The smallest absolute Gasteiger partial charge is 0.378 e. The number of anilines is 3. The van der Waals surface area contributed by atoms with Crippen LogP contribution in [0.15, 0.2) is 42.6 Å². The minimum atomic E-state index is -4.51. The lowest BCUT2D eigenvalue weighted by Gasteiger charge is -2.32. The second kappa shape index (κ2) is 11.0. The van der Waals surface area contributed by atoms with E-state index in [1.807, 2.05) is 9.80 Å². The quantitative estimate of drug-likeness (QED) is 0.646. The zero-order valence-electron chi connectivity index (χ0n) is 19.2. The predicted molar refractivity (Wildman–Crippen MR) is 125 cm³/mol. The molecule has 2 amide bonds. The van der Waals surface area contributed by atoms with Gasteiger partial charge in [0, 0.05) is 25.2 Å². The number of hydrogen-bond donors (Lipinski definition) is 2. The van der Waals surface area contributed by atoms with Gasteiger partial charge < -0.3 is 20.3 Å². The van der Waals surface area contributed by atoms with Crippen LogP contribution < -0.4 is 15.5 Å². The molecule has 2 aromatic rings. The summed E-state index contributed by atoms with van der Waals surface area (Å²) < 4.78 is 45.2. The SMILES string of the molecule is O=C(CN1CCC(C(=O)Nc2ccccn2)CC1)Nc1cc(C(F)(F)F)ccc1N1CCOCC1. The highest BCUT2D eigenvalue weighted by molar-refractivity contribution is 5.96. The predicted octanol–water partition coefficient (Wildman–Crippen LogP) is 3.23. The Balaban J connectivity index is 1.34. The van der Waals surface area contributed by atoms with Crippen molar-refractivity contribution in [1.29, 1.82) is 0 Å². The number of amides is 2. The zero-order chi connectivity index (χ0) is 24.8. The average molecular weight is 492 g/mol. The van der Waals surface area contributed by atoms with Gasteiger partial charge in [0.15, 0.2) is 0 Å². The highest BCUT2D eigenvalue weighted by Gasteiger charge is 2.32. The van der Waals surface area contributed by atoms with Crippen molar-refractivity contribution < 1.29 is 27.5 Å². The van der Waals surface area contributed by atoms with Crippen LogP contribution in [0, 0.1) is 5.92 Å². The molecule has 1 aromatic carbocycles. The Kier molecular flexibility index (Phi) is 7.86. The van der Waals surface area contributed by atoms with Gasteiger partial charge in [-0.1, -0.05) is 6.07 Å². The number of carbonyl (C=O) groups is 2. The number of piperidine rings is 1. The van der Waals surface area contributed by atoms with Crippen LogP contribution in [-0.4, -0.2) is 67.6 Å². The van der Waals surface area contributed by atoms with Gasteiger partial charge in [0.1, 0.15) is 5.82 Å². The molecule has 2 saturated heterocycles. The first-order chi connectivity index (χ1) is 16.8. The van der Waals surface area contributed by atoms with E-state index in [2.05, 4.69) is 15.6 Å². The van der Waals surface area contributed by atoms with Crippen molar-refractivity contribution in [1.82, 2.24) is 9.88 Å². The normalized spacial score (nSPS) is 17.7. The maximum Gasteiger partial charge on any atom is 0.416 e. The lowest BCUT2D eigenvalue weighted by atomic mass is 9.96. The number of nitrogens with one attached hydrogen (secondary N) is 2. The molecule has 8 nitrogen and oxygen atoms in total. The molecule has 188 valence electrons. The van der Waals surface area contributed by atoms with E-state index in [-0.39, 0.29) is 24.1 Å². The third-order valence-corrected chi connectivity index (χ3v) is 6.19. The van der Waals surface area contributed by atoms with Crippen molar-refractivity contribution in [3.8, 4) is 0 Å². The summed E-state index contributed by atoms with van der Waals surface area (Å²) in [6.07, 6.45) is -1.75. The largest absolute Gasteiger partial charge is 0.416 e. The molecule has 1 aromatic heterocycles.